The molecule has 26 heavy (non-hydrogen) atoms. The van der Waals surface area contributed by atoms with E-state index in [9.17, 15) is 9.59 Å². The summed E-state index contributed by atoms with van der Waals surface area (Å²) < 4.78 is 5.67. The van der Waals surface area contributed by atoms with E-state index in [1.54, 1.807) is 19.9 Å². The molecule has 142 valence electrons. The lowest BCUT2D eigenvalue weighted by atomic mass is 10.0. The van der Waals surface area contributed by atoms with Crippen LogP contribution in [-0.4, -0.2) is 49.6 Å². The molecule has 0 fully saturated rings. The summed E-state index contributed by atoms with van der Waals surface area (Å²) in [4.78, 5) is 28.7. The summed E-state index contributed by atoms with van der Waals surface area (Å²) in [5.74, 6) is -0.657. The van der Waals surface area contributed by atoms with Gasteiger partial charge in [-0.2, -0.15) is 0 Å². The third-order valence-corrected chi connectivity index (χ3v) is 4.72. The number of nitrogens with one attached hydrogen (secondary N) is 1. The molecule has 0 radical (unpaired) electrons. The third kappa shape index (κ3) is 5.06. The van der Waals surface area contributed by atoms with E-state index in [-0.39, 0.29) is 24.1 Å². The summed E-state index contributed by atoms with van der Waals surface area (Å²) in [6.45, 7) is 15.9. The highest BCUT2D eigenvalue weighted by Crippen LogP contribution is 2.29. The van der Waals surface area contributed by atoms with Crippen LogP contribution in [0.4, 0.5) is 11.4 Å². The third-order valence-electron chi connectivity index (χ3n) is 4.72. The van der Waals surface area contributed by atoms with Gasteiger partial charge in [0.15, 0.2) is 11.7 Å². The minimum atomic E-state index is -0.535. The van der Waals surface area contributed by atoms with Gasteiger partial charge in [0.05, 0.1) is 45.1 Å². The largest absolute Gasteiger partial charge is 0.462 e. The molecule has 1 N–H and O–H groups in total. The second-order valence-electron chi connectivity index (χ2n) is 6.91. The number of esters is 1. The van der Waals surface area contributed by atoms with E-state index in [4.69, 9.17) is 11.3 Å². The zero-order chi connectivity index (χ0) is 19.9. The number of nitrogens with zero attached hydrogens (tertiary/aromatic N) is 2. The van der Waals surface area contributed by atoms with Crippen molar-refractivity contribution in [2.24, 2.45) is 0 Å². The van der Waals surface area contributed by atoms with E-state index in [0.717, 1.165) is 19.4 Å². The van der Waals surface area contributed by atoms with Crippen LogP contribution in [0.3, 0.4) is 0 Å². The monoisotopic (exact) mass is 360 g/mol. The highest BCUT2D eigenvalue weighted by molar-refractivity contribution is 6.04. The number of carbonyl (C=O) groups is 2. The number of anilines is 1. The van der Waals surface area contributed by atoms with Crippen molar-refractivity contribution in [3.05, 3.63) is 34.7 Å². The van der Waals surface area contributed by atoms with Crippen molar-refractivity contribution in [1.29, 1.82) is 0 Å². The van der Waals surface area contributed by atoms with Crippen LogP contribution in [0.25, 0.3) is 4.85 Å². The summed E-state index contributed by atoms with van der Waals surface area (Å²) in [6, 6.07) is 2.92. The highest BCUT2D eigenvalue weighted by atomic mass is 16.5. The minimum Gasteiger partial charge on any atom is -0.462 e. The number of aryl methyl sites for hydroxylation is 1. The molecule has 1 atom stereocenters. The average Bonchev–Trinajstić information content (AvgIpc) is 2.60. The number of hydrogen-bond donors (Lipinski definition) is 1. The van der Waals surface area contributed by atoms with Gasteiger partial charge in [-0.1, -0.05) is 13.0 Å². The van der Waals surface area contributed by atoms with E-state index in [2.05, 4.69) is 24.0 Å². The summed E-state index contributed by atoms with van der Waals surface area (Å²) in [6.07, 6.45) is 1.64. The molecule has 0 aliphatic carbocycles. The molecule has 0 aliphatic heterocycles. The van der Waals surface area contributed by atoms with Crippen LogP contribution in [-0.2, 0) is 9.53 Å². The van der Waals surface area contributed by atoms with Gasteiger partial charge in [0.2, 0.25) is 0 Å². The minimum absolute atomic E-state index is 0.122. The van der Waals surface area contributed by atoms with E-state index in [0.29, 0.717) is 21.4 Å². The van der Waals surface area contributed by atoms with Crippen molar-refractivity contribution in [3.8, 4) is 0 Å². The van der Waals surface area contributed by atoms with Crippen LogP contribution < -0.4 is 5.32 Å². The molecule has 0 saturated heterocycles. The van der Waals surface area contributed by atoms with Gasteiger partial charge in [-0.05, 0) is 38.8 Å². The van der Waals surface area contributed by atoms with Crippen molar-refractivity contribution >= 4 is 23.3 Å². The molecule has 6 heteroatoms. The Morgan fingerprint density at radius 3 is 2.42 bits per heavy atom. The maximum Gasteiger partial charge on any atom is 0.338 e. The lowest BCUT2D eigenvalue weighted by Crippen LogP contribution is -2.54. The maximum absolute atomic E-state index is 13.0. The number of rotatable bonds is 8. The number of carbonyl (C=O) groups excluding carboxylic acids is 2. The Morgan fingerprint density at radius 2 is 1.92 bits per heavy atom. The molecule has 1 amide bonds. The van der Waals surface area contributed by atoms with Gasteiger partial charge in [-0.25, -0.2) is 9.64 Å². The van der Waals surface area contributed by atoms with E-state index in [1.165, 1.54) is 6.07 Å². The second-order valence-corrected chi connectivity index (χ2v) is 6.91. The Morgan fingerprint density at radius 1 is 1.27 bits per heavy atom. The summed E-state index contributed by atoms with van der Waals surface area (Å²) in [7, 11) is 4.06. The van der Waals surface area contributed by atoms with Gasteiger partial charge < -0.3 is 14.5 Å². The Labute approximate surface area is 156 Å². The molecule has 1 rings (SSSR count). The number of benzene rings is 1. The van der Waals surface area contributed by atoms with Crippen LogP contribution >= 0.6 is 0 Å². The van der Waals surface area contributed by atoms with Crippen molar-refractivity contribution in [1.82, 2.24) is 0 Å². The highest BCUT2D eigenvalue weighted by Gasteiger charge is 2.33. The van der Waals surface area contributed by atoms with E-state index in [1.807, 2.05) is 14.1 Å². The summed E-state index contributed by atoms with van der Waals surface area (Å²) >= 11 is 0. The SMILES string of the molecule is [C-]#[N+]c1cc(C)c(NC(=O)C(CCC)[N+](C)(C)CC)c(C(=O)OCC)c1. The number of quaternary nitrogens is 1. The van der Waals surface area contributed by atoms with Gasteiger partial charge in [0.1, 0.15) is 0 Å². The molecule has 1 aromatic carbocycles. The zero-order valence-electron chi connectivity index (χ0n) is 16.7. The molecule has 6 nitrogen and oxygen atoms in total. The lowest BCUT2D eigenvalue weighted by molar-refractivity contribution is -0.904. The van der Waals surface area contributed by atoms with Crippen LogP contribution in [0, 0.1) is 13.5 Å². The topological polar surface area (TPSA) is 59.8 Å². The first kappa shape index (κ1) is 21.7. The Bertz CT molecular complexity index is 705. The first-order valence-corrected chi connectivity index (χ1v) is 9.04. The maximum atomic E-state index is 13.0. The van der Waals surface area contributed by atoms with Crippen LogP contribution in [0.1, 0.15) is 49.5 Å². The molecule has 1 aromatic rings. The fraction of sp³-hybridized carbons (Fsp3) is 0.550. The summed E-state index contributed by atoms with van der Waals surface area (Å²) in [5.41, 5.74) is 1.67. The zero-order valence-corrected chi connectivity index (χ0v) is 16.7. The second kappa shape index (κ2) is 9.35. The van der Waals surface area contributed by atoms with Crippen LogP contribution in [0.15, 0.2) is 12.1 Å². The molecule has 0 aliphatic rings. The predicted molar refractivity (Wildman–Crippen MR) is 103 cm³/mol. The number of likely N-dealkylation sites (N-methyl/N-ethyl adjacent to an activating group) is 1. The van der Waals surface area contributed by atoms with Gasteiger partial charge >= 0.3 is 5.97 Å². The first-order valence-electron chi connectivity index (χ1n) is 9.04. The van der Waals surface area contributed by atoms with Gasteiger partial charge in [-0.15, -0.1) is 0 Å². The van der Waals surface area contributed by atoms with Crippen molar-refractivity contribution < 1.29 is 18.8 Å². The molecule has 0 aromatic heterocycles. The smallest absolute Gasteiger partial charge is 0.338 e. The molecule has 0 bridgehead atoms. The molecule has 0 heterocycles. The Kier molecular flexibility index (Phi) is 7.78. The van der Waals surface area contributed by atoms with E-state index >= 15 is 0 Å². The molecule has 0 spiro atoms. The predicted octanol–water partition coefficient (Wildman–Crippen LogP) is 3.93. The van der Waals surface area contributed by atoms with Crippen molar-refractivity contribution in [3.63, 3.8) is 0 Å². The first-order chi connectivity index (χ1) is 12.2. The van der Waals surface area contributed by atoms with Gasteiger partial charge in [0, 0.05) is 6.42 Å². The Balaban J connectivity index is 3.31. The van der Waals surface area contributed by atoms with Crippen LogP contribution in [0.5, 0.6) is 0 Å². The normalized spacial score (nSPS) is 12.2. The van der Waals surface area contributed by atoms with Crippen LogP contribution in [0.2, 0.25) is 0 Å². The van der Waals surface area contributed by atoms with Gasteiger partial charge in [-0.3, -0.25) is 4.79 Å². The average molecular weight is 360 g/mol. The molecule has 1 unspecified atom stereocenters. The number of hydrogen-bond acceptors (Lipinski definition) is 3. The van der Waals surface area contributed by atoms with Crippen molar-refractivity contribution in [2.75, 3.05) is 32.6 Å². The fourth-order valence-corrected chi connectivity index (χ4v) is 2.87. The molecular formula is C20H30N3O3+. The summed E-state index contributed by atoms with van der Waals surface area (Å²) in [5, 5.41) is 2.94. The fourth-order valence-electron chi connectivity index (χ4n) is 2.87. The number of amides is 1. The van der Waals surface area contributed by atoms with Gasteiger partial charge in [0.25, 0.3) is 5.91 Å². The quantitative estimate of drug-likeness (QED) is 0.434. The molecular weight excluding hydrogens is 330 g/mol. The van der Waals surface area contributed by atoms with Crippen molar-refractivity contribution in [2.45, 2.75) is 46.6 Å². The Hall–Kier alpha value is -2.39. The van der Waals surface area contributed by atoms with E-state index < -0.39 is 5.97 Å². The standard InChI is InChI=1S/C20H29N3O3/c1-8-11-17(23(6,7)9-2)19(24)22-18-14(4)12-15(21-5)13-16(18)20(25)26-10-3/h12-13,17H,8-11H2,1-4,6-7H3/p+1. The number of ether oxygens (including phenoxy) is 1. The molecule has 0 saturated carbocycles. The lowest BCUT2D eigenvalue weighted by Gasteiger charge is -2.36.